The van der Waals surface area contributed by atoms with Crippen molar-refractivity contribution >= 4 is 32.8 Å². The summed E-state index contributed by atoms with van der Waals surface area (Å²) in [5.74, 6) is 0.399. The Balaban J connectivity index is 1.80. The van der Waals surface area contributed by atoms with Gasteiger partial charge in [-0.25, -0.2) is 9.78 Å². The first-order chi connectivity index (χ1) is 12.0. The average molecular weight is 403 g/mol. The SMILES string of the molecule is COc1ccc(C(=O)OCc2nc3c(C)cccc3c(=O)[nH]2)cc1Br. The molecule has 0 bridgehead atoms. The minimum atomic E-state index is -0.518. The number of halogens is 1. The molecule has 2 aromatic carbocycles. The molecule has 0 saturated carbocycles. The second kappa shape index (κ2) is 7.06. The van der Waals surface area contributed by atoms with Crippen LogP contribution in [0.5, 0.6) is 5.75 Å². The van der Waals surface area contributed by atoms with E-state index in [0.29, 0.717) is 32.5 Å². The number of aromatic nitrogens is 2. The van der Waals surface area contributed by atoms with Crippen molar-refractivity contribution in [3.8, 4) is 5.75 Å². The first kappa shape index (κ1) is 17.2. The lowest BCUT2D eigenvalue weighted by Gasteiger charge is -2.08. The molecule has 0 atom stereocenters. The van der Waals surface area contributed by atoms with Crippen LogP contribution in [-0.4, -0.2) is 23.0 Å². The summed E-state index contributed by atoms with van der Waals surface area (Å²) in [6.45, 7) is 1.75. The third-order valence-electron chi connectivity index (χ3n) is 3.71. The fourth-order valence-electron chi connectivity index (χ4n) is 2.43. The highest BCUT2D eigenvalue weighted by Gasteiger charge is 2.12. The van der Waals surface area contributed by atoms with E-state index in [-0.39, 0.29) is 12.2 Å². The van der Waals surface area contributed by atoms with Gasteiger partial charge in [0.1, 0.15) is 18.2 Å². The van der Waals surface area contributed by atoms with E-state index in [0.717, 1.165) is 5.56 Å². The first-order valence-corrected chi connectivity index (χ1v) is 8.28. The monoisotopic (exact) mass is 402 g/mol. The summed E-state index contributed by atoms with van der Waals surface area (Å²) >= 11 is 3.32. The number of nitrogens with one attached hydrogen (secondary N) is 1. The quantitative estimate of drug-likeness (QED) is 0.676. The maximum absolute atomic E-state index is 12.2. The average Bonchev–Trinajstić information content (AvgIpc) is 2.60. The molecular formula is C18H15BrN2O4. The highest BCUT2D eigenvalue weighted by Crippen LogP contribution is 2.25. The van der Waals surface area contributed by atoms with E-state index in [1.165, 1.54) is 0 Å². The van der Waals surface area contributed by atoms with E-state index in [1.807, 2.05) is 13.0 Å². The molecule has 6 nitrogen and oxygen atoms in total. The molecule has 0 aliphatic carbocycles. The molecule has 1 N–H and O–H groups in total. The number of fused-ring (bicyclic) bond motifs is 1. The molecule has 1 aromatic heterocycles. The fourth-order valence-corrected chi connectivity index (χ4v) is 2.97. The van der Waals surface area contributed by atoms with Crippen LogP contribution in [0.3, 0.4) is 0 Å². The van der Waals surface area contributed by atoms with Crippen LogP contribution in [0.4, 0.5) is 0 Å². The lowest BCUT2D eigenvalue weighted by Crippen LogP contribution is -2.15. The van der Waals surface area contributed by atoms with E-state index in [2.05, 4.69) is 25.9 Å². The largest absolute Gasteiger partial charge is 0.496 e. The van der Waals surface area contributed by atoms with Crippen molar-refractivity contribution in [3.05, 3.63) is 68.2 Å². The number of aryl methyl sites for hydroxylation is 1. The highest BCUT2D eigenvalue weighted by atomic mass is 79.9. The summed E-state index contributed by atoms with van der Waals surface area (Å²) in [6, 6.07) is 10.3. The molecule has 0 saturated heterocycles. The van der Waals surface area contributed by atoms with Crippen LogP contribution in [0.1, 0.15) is 21.7 Å². The zero-order valence-electron chi connectivity index (χ0n) is 13.6. The van der Waals surface area contributed by atoms with Gasteiger partial charge < -0.3 is 14.5 Å². The summed E-state index contributed by atoms with van der Waals surface area (Å²) < 4.78 is 11.0. The number of aromatic amines is 1. The molecule has 7 heteroatoms. The molecule has 0 unspecified atom stereocenters. The molecule has 0 spiro atoms. The van der Waals surface area contributed by atoms with Crippen molar-refractivity contribution in [2.24, 2.45) is 0 Å². The van der Waals surface area contributed by atoms with Crippen LogP contribution >= 0.6 is 15.9 Å². The van der Waals surface area contributed by atoms with Gasteiger partial charge >= 0.3 is 5.97 Å². The van der Waals surface area contributed by atoms with Crippen LogP contribution < -0.4 is 10.3 Å². The zero-order chi connectivity index (χ0) is 18.0. The molecular weight excluding hydrogens is 388 g/mol. The van der Waals surface area contributed by atoms with Gasteiger partial charge in [-0.05, 0) is 52.7 Å². The fraction of sp³-hybridized carbons (Fsp3) is 0.167. The number of rotatable bonds is 4. The van der Waals surface area contributed by atoms with Gasteiger partial charge in [-0.2, -0.15) is 0 Å². The Kier molecular flexibility index (Phi) is 4.85. The van der Waals surface area contributed by atoms with Crippen LogP contribution in [0.25, 0.3) is 10.9 Å². The van der Waals surface area contributed by atoms with Gasteiger partial charge in [0.25, 0.3) is 5.56 Å². The minimum absolute atomic E-state index is 0.123. The van der Waals surface area contributed by atoms with Gasteiger partial charge in [0.05, 0.1) is 28.0 Å². The Morgan fingerprint density at radius 3 is 2.80 bits per heavy atom. The molecule has 0 aliphatic rings. The number of hydrogen-bond donors (Lipinski definition) is 1. The summed E-state index contributed by atoms with van der Waals surface area (Å²) in [6.07, 6.45) is 0. The van der Waals surface area contributed by atoms with Crippen molar-refractivity contribution in [1.82, 2.24) is 9.97 Å². The Hall–Kier alpha value is -2.67. The number of esters is 1. The molecule has 3 aromatic rings. The molecule has 3 rings (SSSR count). The number of benzene rings is 2. The summed E-state index contributed by atoms with van der Waals surface area (Å²) in [7, 11) is 1.54. The predicted molar refractivity (Wildman–Crippen MR) is 96.9 cm³/mol. The Morgan fingerprint density at radius 1 is 1.28 bits per heavy atom. The van der Waals surface area contributed by atoms with Gasteiger partial charge in [-0.15, -0.1) is 0 Å². The maximum Gasteiger partial charge on any atom is 0.338 e. The predicted octanol–water partition coefficient (Wildman–Crippen LogP) is 3.36. The number of ether oxygens (including phenoxy) is 2. The van der Waals surface area contributed by atoms with Crippen LogP contribution in [-0.2, 0) is 11.3 Å². The van der Waals surface area contributed by atoms with Crippen LogP contribution in [0.15, 0.2) is 45.7 Å². The number of para-hydroxylation sites is 1. The maximum atomic E-state index is 12.2. The van der Waals surface area contributed by atoms with Gasteiger partial charge in [-0.1, -0.05) is 12.1 Å². The Morgan fingerprint density at radius 2 is 2.08 bits per heavy atom. The second-order valence-corrected chi connectivity index (χ2v) is 6.26. The second-order valence-electron chi connectivity index (χ2n) is 5.41. The van der Waals surface area contributed by atoms with Crippen LogP contribution in [0, 0.1) is 6.92 Å². The number of carbonyl (C=O) groups is 1. The third-order valence-corrected chi connectivity index (χ3v) is 4.33. The molecule has 0 radical (unpaired) electrons. The summed E-state index contributed by atoms with van der Waals surface area (Å²) in [5.41, 5.74) is 1.60. The Bertz CT molecular complexity index is 1010. The molecule has 0 amide bonds. The van der Waals surface area contributed by atoms with E-state index in [4.69, 9.17) is 9.47 Å². The van der Waals surface area contributed by atoms with E-state index < -0.39 is 5.97 Å². The van der Waals surface area contributed by atoms with Crippen molar-refractivity contribution in [2.45, 2.75) is 13.5 Å². The van der Waals surface area contributed by atoms with Crippen molar-refractivity contribution in [3.63, 3.8) is 0 Å². The number of H-pyrrole nitrogens is 1. The standard InChI is InChI=1S/C18H15BrN2O4/c1-10-4-3-5-12-16(10)20-15(21-17(12)22)9-25-18(23)11-6-7-14(24-2)13(19)8-11/h3-8H,9H2,1-2H3,(H,20,21,22). The molecule has 0 aliphatic heterocycles. The number of nitrogens with zero attached hydrogens (tertiary/aromatic N) is 1. The number of carbonyl (C=O) groups excluding carboxylic acids is 1. The topological polar surface area (TPSA) is 81.3 Å². The number of methoxy groups -OCH3 is 1. The summed E-state index contributed by atoms with van der Waals surface area (Å²) in [5, 5.41) is 0.508. The Labute approximate surface area is 151 Å². The highest BCUT2D eigenvalue weighted by molar-refractivity contribution is 9.10. The first-order valence-electron chi connectivity index (χ1n) is 7.49. The summed E-state index contributed by atoms with van der Waals surface area (Å²) in [4.78, 5) is 31.3. The van der Waals surface area contributed by atoms with Gasteiger partial charge in [0, 0.05) is 0 Å². The normalized spacial score (nSPS) is 10.7. The van der Waals surface area contributed by atoms with Crippen LogP contribution in [0.2, 0.25) is 0 Å². The molecule has 0 fully saturated rings. The van der Waals surface area contributed by atoms with Crippen molar-refractivity contribution in [2.75, 3.05) is 7.11 Å². The number of hydrogen-bond acceptors (Lipinski definition) is 5. The minimum Gasteiger partial charge on any atom is -0.496 e. The molecule has 1 heterocycles. The van der Waals surface area contributed by atoms with Crippen molar-refractivity contribution in [1.29, 1.82) is 0 Å². The third kappa shape index (κ3) is 3.56. The molecule has 25 heavy (non-hydrogen) atoms. The van der Waals surface area contributed by atoms with Gasteiger partial charge in [-0.3, -0.25) is 4.79 Å². The zero-order valence-corrected chi connectivity index (χ0v) is 15.2. The van der Waals surface area contributed by atoms with Gasteiger partial charge in [0.15, 0.2) is 0 Å². The smallest absolute Gasteiger partial charge is 0.338 e. The van der Waals surface area contributed by atoms with E-state index in [9.17, 15) is 9.59 Å². The van der Waals surface area contributed by atoms with E-state index in [1.54, 1.807) is 37.4 Å². The van der Waals surface area contributed by atoms with E-state index >= 15 is 0 Å². The van der Waals surface area contributed by atoms with Crippen molar-refractivity contribution < 1.29 is 14.3 Å². The lowest BCUT2D eigenvalue weighted by atomic mass is 10.1. The lowest BCUT2D eigenvalue weighted by molar-refractivity contribution is 0.0462. The van der Waals surface area contributed by atoms with Gasteiger partial charge in [0.2, 0.25) is 0 Å². The molecule has 128 valence electrons.